The highest BCUT2D eigenvalue weighted by molar-refractivity contribution is 7.99. The zero-order valence-corrected chi connectivity index (χ0v) is 14.8. The molecule has 1 atom stereocenters. The zero-order chi connectivity index (χ0) is 18.0. The van der Waals surface area contributed by atoms with Gasteiger partial charge in [-0.3, -0.25) is 9.59 Å². The van der Waals surface area contributed by atoms with Gasteiger partial charge in [-0.2, -0.15) is 0 Å². The number of carbonyl (C=O) groups excluding carboxylic acids is 2. The summed E-state index contributed by atoms with van der Waals surface area (Å²) < 4.78 is 0. The molecule has 0 spiro atoms. The number of anilines is 3. The molecule has 0 saturated carbocycles. The van der Waals surface area contributed by atoms with Crippen molar-refractivity contribution in [2.45, 2.75) is 31.5 Å². The Balaban J connectivity index is 1.81. The normalized spacial score (nSPS) is 16.8. The van der Waals surface area contributed by atoms with Crippen molar-refractivity contribution >= 4 is 40.8 Å². The Morgan fingerprint density at radius 2 is 2.16 bits per heavy atom. The fourth-order valence-electron chi connectivity index (χ4n) is 2.79. The maximum Gasteiger partial charge on any atom is 0.237 e. The Kier molecular flexibility index (Phi) is 4.89. The van der Waals surface area contributed by atoms with E-state index in [-0.39, 0.29) is 30.0 Å². The zero-order valence-electron chi connectivity index (χ0n) is 14.0. The fraction of sp³-hybridized carbons (Fsp3) is 0.294. The van der Waals surface area contributed by atoms with Crippen LogP contribution in [0.3, 0.4) is 0 Å². The summed E-state index contributed by atoms with van der Waals surface area (Å²) >= 11 is 1.24. The monoisotopic (exact) mass is 357 g/mol. The summed E-state index contributed by atoms with van der Waals surface area (Å²) in [6, 6.07) is 8.75. The van der Waals surface area contributed by atoms with Gasteiger partial charge in [-0.1, -0.05) is 23.9 Å². The van der Waals surface area contributed by atoms with Gasteiger partial charge in [-0.25, -0.2) is 9.97 Å². The van der Waals surface area contributed by atoms with Crippen LogP contribution in [0.4, 0.5) is 17.2 Å². The van der Waals surface area contributed by atoms with Gasteiger partial charge in [-0.15, -0.1) is 0 Å². The topological polar surface area (TPSA) is 101 Å². The van der Waals surface area contributed by atoms with Gasteiger partial charge >= 0.3 is 0 Å². The first-order valence-electron chi connectivity index (χ1n) is 7.89. The van der Waals surface area contributed by atoms with E-state index in [4.69, 9.17) is 5.73 Å². The third kappa shape index (κ3) is 3.90. The first-order valence-corrected chi connectivity index (χ1v) is 8.87. The van der Waals surface area contributed by atoms with E-state index in [9.17, 15) is 9.59 Å². The first-order chi connectivity index (χ1) is 11.9. The summed E-state index contributed by atoms with van der Waals surface area (Å²) in [4.78, 5) is 34.9. The SMILES string of the molecule is Cc1cc(N)nc(SCC(=O)N2c3ccccc3NC(=O)CC2C)n1. The van der Waals surface area contributed by atoms with E-state index < -0.39 is 0 Å². The van der Waals surface area contributed by atoms with Crippen LogP contribution in [0.2, 0.25) is 0 Å². The molecule has 2 heterocycles. The van der Waals surface area contributed by atoms with E-state index in [2.05, 4.69) is 15.3 Å². The molecule has 7 nitrogen and oxygen atoms in total. The smallest absolute Gasteiger partial charge is 0.237 e. The van der Waals surface area contributed by atoms with Crippen LogP contribution in [-0.2, 0) is 9.59 Å². The van der Waals surface area contributed by atoms with Gasteiger partial charge in [0.2, 0.25) is 11.8 Å². The summed E-state index contributed by atoms with van der Waals surface area (Å²) in [7, 11) is 0. The number of nitrogens with two attached hydrogens (primary N) is 1. The number of hydrogen-bond acceptors (Lipinski definition) is 6. The molecule has 0 aliphatic carbocycles. The summed E-state index contributed by atoms with van der Waals surface area (Å²) in [6.45, 7) is 3.69. The standard InChI is InChI=1S/C17H19N5O2S/c1-10-7-14(18)21-17(19-10)25-9-16(24)22-11(2)8-15(23)20-12-5-3-4-6-13(12)22/h3-7,11H,8-9H2,1-2H3,(H,20,23)(H2,18,19,21). The molecule has 8 heteroatoms. The second-order valence-electron chi connectivity index (χ2n) is 5.89. The van der Waals surface area contributed by atoms with Crippen molar-refractivity contribution in [3.05, 3.63) is 36.0 Å². The molecule has 3 N–H and O–H groups in total. The van der Waals surface area contributed by atoms with Crippen molar-refractivity contribution in [3.8, 4) is 0 Å². The number of thioether (sulfide) groups is 1. The van der Waals surface area contributed by atoms with Gasteiger partial charge in [-0.05, 0) is 26.0 Å². The van der Waals surface area contributed by atoms with Gasteiger partial charge in [0.05, 0.1) is 17.1 Å². The van der Waals surface area contributed by atoms with Gasteiger partial charge in [0.25, 0.3) is 0 Å². The molecule has 130 valence electrons. The quantitative estimate of drug-likeness (QED) is 0.645. The van der Waals surface area contributed by atoms with E-state index >= 15 is 0 Å². The predicted molar refractivity (Wildman–Crippen MR) is 98.5 cm³/mol. The Bertz CT molecular complexity index is 806. The third-order valence-electron chi connectivity index (χ3n) is 3.81. The molecule has 1 aliphatic heterocycles. The summed E-state index contributed by atoms with van der Waals surface area (Å²) in [5, 5.41) is 3.31. The van der Waals surface area contributed by atoms with Crippen molar-refractivity contribution in [2.75, 3.05) is 21.7 Å². The number of nitrogens with zero attached hydrogens (tertiary/aromatic N) is 3. The molecule has 0 saturated heterocycles. The van der Waals surface area contributed by atoms with Crippen LogP contribution in [-0.4, -0.2) is 33.6 Å². The Hall–Kier alpha value is -2.61. The first kappa shape index (κ1) is 17.2. The third-order valence-corrected chi connectivity index (χ3v) is 4.64. The summed E-state index contributed by atoms with van der Waals surface area (Å²) in [5.41, 5.74) is 7.83. The Morgan fingerprint density at radius 3 is 2.92 bits per heavy atom. The number of rotatable bonds is 3. The Labute approximate surface area is 150 Å². The highest BCUT2D eigenvalue weighted by atomic mass is 32.2. The summed E-state index contributed by atoms with van der Waals surface area (Å²) in [6.07, 6.45) is 0.249. The molecule has 0 bridgehead atoms. The largest absolute Gasteiger partial charge is 0.384 e. The maximum absolute atomic E-state index is 12.9. The van der Waals surface area contributed by atoms with Crippen molar-refractivity contribution in [2.24, 2.45) is 0 Å². The van der Waals surface area contributed by atoms with Crippen LogP contribution < -0.4 is 16.0 Å². The van der Waals surface area contributed by atoms with Gasteiger partial charge in [0.15, 0.2) is 5.16 Å². The fourth-order valence-corrected chi connectivity index (χ4v) is 3.56. The average Bonchev–Trinajstić information content (AvgIpc) is 2.66. The predicted octanol–water partition coefficient (Wildman–Crippen LogP) is 2.22. The number of para-hydroxylation sites is 2. The number of carbonyl (C=O) groups is 2. The van der Waals surface area contributed by atoms with Gasteiger partial charge in [0, 0.05) is 24.2 Å². The van der Waals surface area contributed by atoms with Crippen LogP contribution >= 0.6 is 11.8 Å². The number of aryl methyl sites for hydroxylation is 1. The maximum atomic E-state index is 12.9. The molecule has 25 heavy (non-hydrogen) atoms. The molecule has 0 fully saturated rings. The minimum atomic E-state index is -0.236. The number of fused-ring (bicyclic) bond motifs is 1. The molecule has 3 rings (SSSR count). The van der Waals surface area contributed by atoms with Crippen molar-refractivity contribution in [1.29, 1.82) is 0 Å². The van der Waals surface area contributed by atoms with Crippen molar-refractivity contribution in [1.82, 2.24) is 9.97 Å². The molecular formula is C17H19N5O2S. The van der Waals surface area contributed by atoms with Crippen LogP contribution in [0.25, 0.3) is 0 Å². The lowest BCUT2D eigenvalue weighted by atomic mass is 10.2. The molecular weight excluding hydrogens is 338 g/mol. The molecule has 1 aromatic carbocycles. The van der Waals surface area contributed by atoms with Gasteiger partial charge in [0.1, 0.15) is 5.82 Å². The highest BCUT2D eigenvalue weighted by Gasteiger charge is 2.29. The summed E-state index contributed by atoms with van der Waals surface area (Å²) in [5.74, 6) is 0.337. The second-order valence-corrected chi connectivity index (χ2v) is 6.83. The lowest BCUT2D eigenvalue weighted by Gasteiger charge is -2.27. The molecule has 1 aliphatic rings. The van der Waals surface area contributed by atoms with Crippen molar-refractivity contribution < 1.29 is 9.59 Å². The van der Waals surface area contributed by atoms with E-state index in [0.717, 1.165) is 5.69 Å². The second kappa shape index (κ2) is 7.10. The molecule has 0 radical (unpaired) electrons. The number of nitrogens with one attached hydrogen (secondary N) is 1. The van der Waals surface area contributed by atoms with Crippen LogP contribution in [0.15, 0.2) is 35.5 Å². The molecule has 2 aromatic rings. The van der Waals surface area contributed by atoms with Crippen LogP contribution in [0.1, 0.15) is 19.0 Å². The molecule has 1 aromatic heterocycles. The number of nitrogen functional groups attached to an aromatic ring is 1. The minimum absolute atomic E-state index is 0.0994. The van der Waals surface area contributed by atoms with E-state index in [1.54, 1.807) is 17.0 Å². The molecule has 2 amide bonds. The van der Waals surface area contributed by atoms with E-state index in [0.29, 0.717) is 22.3 Å². The van der Waals surface area contributed by atoms with E-state index in [1.807, 2.05) is 32.0 Å². The minimum Gasteiger partial charge on any atom is -0.384 e. The average molecular weight is 357 g/mol. The van der Waals surface area contributed by atoms with Crippen LogP contribution in [0.5, 0.6) is 0 Å². The Morgan fingerprint density at radius 1 is 1.40 bits per heavy atom. The number of benzene rings is 1. The number of hydrogen-bond donors (Lipinski definition) is 2. The number of amides is 2. The van der Waals surface area contributed by atoms with Crippen LogP contribution in [0, 0.1) is 6.92 Å². The van der Waals surface area contributed by atoms with E-state index in [1.165, 1.54) is 11.8 Å². The number of aromatic nitrogens is 2. The lowest BCUT2D eigenvalue weighted by Crippen LogP contribution is -2.40. The van der Waals surface area contributed by atoms with Crippen molar-refractivity contribution in [3.63, 3.8) is 0 Å². The van der Waals surface area contributed by atoms with Gasteiger partial charge < -0.3 is 16.0 Å². The molecule has 1 unspecified atom stereocenters. The lowest BCUT2D eigenvalue weighted by molar-refractivity contribution is -0.117. The highest BCUT2D eigenvalue weighted by Crippen LogP contribution is 2.32.